The van der Waals surface area contributed by atoms with Crippen LogP contribution in [0.25, 0.3) is 0 Å². The average molecular weight is 213 g/mol. The lowest BCUT2D eigenvalue weighted by molar-refractivity contribution is 0.302. The van der Waals surface area contributed by atoms with Crippen molar-refractivity contribution in [1.29, 1.82) is 0 Å². The standard InChI is InChI=1S/C12H23NS/c1-10-4-2-5-11(8-10)13-9-12-6-3-7-14-12/h10-13H,2-9H2,1H3. The topological polar surface area (TPSA) is 12.0 Å². The van der Waals surface area contributed by atoms with Gasteiger partial charge in [0.2, 0.25) is 0 Å². The zero-order valence-electron chi connectivity index (χ0n) is 9.30. The van der Waals surface area contributed by atoms with E-state index in [1.165, 1.54) is 50.8 Å². The quantitative estimate of drug-likeness (QED) is 0.773. The minimum absolute atomic E-state index is 0.833. The first kappa shape index (κ1) is 10.8. The van der Waals surface area contributed by atoms with Crippen LogP contribution in [0.5, 0.6) is 0 Å². The van der Waals surface area contributed by atoms with Gasteiger partial charge in [-0.15, -0.1) is 0 Å². The normalized spacial score (nSPS) is 38.8. The Morgan fingerprint density at radius 3 is 2.86 bits per heavy atom. The molecule has 1 saturated carbocycles. The van der Waals surface area contributed by atoms with Gasteiger partial charge in [-0.1, -0.05) is 19.8 Å². The van der Waals surface area contributed by atoms with E-state index in [4.69, 9.17) is 0 Å². The van der Waals surface area contributed by atoms with Crippen molar-refractivity contribution in [2.45, 2.75) is 56.7 Å². The Kier molecular flexibility index (Phi) is 4.18. The lowest BCUT2D eigenvalue weighted by atomic mass is 9.87. The molecule has 2 rings (SSSR count). The number of hydrogen-bond acceptors (Lipinski definition) is 2. The molecule has 1 saturated heterocycles. The molecule has 2 fully saturated rings. The van der Waals surface area contributed by atoms with Crippen molar-refractivity contribution in [2.24, 2.45) is 5.92 Å². The molecular formula is C12H23NS. The van der Waals surface area contributed by atoms with E-state index in [1.54, 1.807) is 0 Å². The molecule has 0 aromatic carbocycles. The van der Waals surface area contributed by atoms with Crippen LogP contribution in [-0.2, 0) is 0 Å². The summed E-state index contributed by atoms with van der Waals surface area (Å²) in [6.45, 7) is 3.67. The maximum Gasteiger partial charge on any atom is 0.0172 e. The van der Waals surface area contributed by atoms with Crippen molar-refractivity contribution >= 4 is 11.8 Å². The van der Waals surface area contributed by atoms with E-state index in [1.807, 2.05) is 0 Å². The van der Waals surface area contributed by atoms with Gasteiger partial charge in [-0.2, -0.15) is 11.8 Å². The summed E-state index contributed by atoms with van der Waals surface area (Å²) in [5.74, 6) is 2.35. The third kappa shape index (κ3) is 3.16. The molecular weight excluding hydrogens is 190 g/mol. The van der Waals surface area contributed by atoms with Gasteiger partial charge < -0.3 is 5.32 Å². The van der Waals surface area contributed by atoms with Crippen molar-refractivity contribution in [3.05, 3.63) is 0 Å². The van der Waals surface area contributed by atoms with Crippen LogP contribution in [0.1, 0.15) is 45.4 Å². The third-order valence-electron chi connectivity index (χ3n) is 3.59. The highest BCUT2D eigenvalue weighted by Crippen LogP contribution is 2.27. The van der Waals surface area contributed by atoms with Crippen molar-refractivity contribution in [3.63, 3.8) is 0 Å². The Balaban J connectivity index is 1.64. The summed E-state index contributed by atoms with van der Waals surface area (Å²) in [4.78, 5) is 0. The summed E-state index contributed by atoms with van der Waals surface area (Å²) in [5.41, 5.74) is 0. The molecule has 1 aliphatic carbocycles. The van der Waals surface area contributed by atoms with Gasteiger partial charge in [0, 0.05) is 17.8 Å². The van der Waals surface area contributed by atoms with E-state index >= 15 is 0 Å². The summed E-state index contributed by atoms with van der Waals surface area (Å²) >= 11 is 2.17. The first-order chi connectivity index (χ1) is 6.84. The van der Waals surface area contributed by atoms with Crippen LogP contribution in [0.3, 0.4) is 0 Å². The van der Waals surface area contributed by atoms with Gasteiger partial charge in [0.1, 0.15) is 0 Å². The summed E-state index contributed by atoms with van der Waals surface area (Å²) in [6, 6.07) is 0.833. The highest BCUT2D eigenvalue weighted by molar-refractivity contribution is 8.00. The van der Waals surface area contributed by atoms with Gasteiger partial charge in [0.05, 0.1) is 0 Å². The van der Waals surface area contributed by atoms with Crippen molar-refractivity contribution in [3.8, 4) is 0 Å². The van der Waals surface area contributed by atoms with Gasteiger partial charge in [-0.05, 0) is 37.4 Å². The Morgan fingerprint density at radius 1 is 1.21 bits per heavy atom. The summed E-state index contributed by atoms with van der Waals surface area (Å²) in [6.07, 6.45) is 8.62. The van der Waals surface area contributed by atoms with E-state index in [9.17, 15) is 0 Å². The molecule has 82 valence electrons. The zero-order valence-corrected chi connectivity index (χ0v) is 10.1. The zero-order chi connectivity index (χ0) is 9.80. The predicted molar refractivity (Wildman–Crippen MR) is 64.9 cm³/mol. The van der Waals surface area contributed by atoms with Crippen LogP contribution in [0.15, 0.2) is 0 Å². The predicted octanol–water partition coefficient (Wildman–Crippen LogP) is 3.05. The van der Waals surface area contributed by atoms with E-state index in [0.29, 0.717) is 0 Å². The molecule has 3 unspecified atom stereocenters. The molecule has 0 amide bonds. The molecule has 0 bridgehead atoms. The smallest absolute Gasteiger partial charge is 0.0172 e. The van der Waals surface area contributed by atoms with Crippen LogP contribution in [-0.4, -0.2) is 23.6 Å². The molecule has 1 aliphatic heterocycles. The molecule has 3 atom stereocenters. The first-order valence-corrected chi connectivity index (χ1v) is 7.24. The Hall–Kier alpha value is 0.310. The summed E-state index contributed by atoms with van der Waals surface area (Å²) in [7, 11) is 0. The molecule has 2 aliphatic rings. The minimum atomic E-state index is 0.833. The average Bonchev–Trinajstić information content (AvgIpc) is 2.67. The second-order valence-electron chi connectivity index (χ2n) is 5.01. The Morgan fingerprint density at radius 2 is 2.14 bits per heavy atom. The molecule has 1 nitrogen and oxygen atoms in total. The van der Waals surface area contributed by atoms with Crippen LogP contribution in [0, 0.1) is 5.92 Å². The second-order valence-corrected chi connectivity index (χ2v) is 6.42. The van der Waals surface area contributed by atoms with Gasteiger partial charge in [-0.3, -0.25) is 0 Å². The fourth-order valence-corrected chi connectivity index (χ4v) is 3.94. The molecule has 14 heavy (non-hydrogen) atoms. The fourth-order valence-electron chi connectivity index (χ4n) is 2.72. The number of thioether (sulfide) groups is 1. The molecule has 1 N–H and O–H groups in total. The minimum Gasteiger partial charge on any atom is -0.313 e. The SMILES string of the molecule is CC1CCCC(NCC2CCCS2)C1. The van der Waals surface area contributed by atoms with Crippen molar-refractivity contribution in [1.82, 2.24) is 5.32 Å². The maximum atomic E-state index is 3.77. The molecule has 1 heterocycles. The number of nitrogens with one attached hydrogen (secondary N) is 1. The lowest BCUT2D eigenvalue weighted by Crippen LogP contribution is -2.37. The monoisotopic (exact) mass is 213 g/mol. The van der Waals surface area contributed by atoms with E-state index in [0.717, 1.165) is 17.2 Å². The van der Waals surface area contributed by atoms with Gasteiger partial charge in [-0.25, -0.2) is 0 Å². The molecule has 0 spiro atoms. The highest BCUT2D eigenvalue weighted by atomic mass is 32.2. The van der Waals surface area contributed by atoms with Crippen molar-refractivity contribution < 1.29 is 0 Å². The maximum absolute atomic E-state index is 3.77. The van der Waals surface area contributed by atoms with Crippen molar-refractivity contribution in [2.75, 3.05) is 12.3 Å². The summed E-state index contributed by atoms with van der Waals surface area (Å²) < 4.78 is 0. The van der Waals surface area contributed by atoms with Gasteiger partial charge in [0.25, 0.3) is 0 Å². The lowest BCUT2D eigenvalue weighted by Gasteiger charge is -2.28. The second kappa shape index (κ2) is 5.41. The van der Waals surface area contributed by atoms with Crippen LogP contribution in [0.4, 0.5) is 0 Å². The molecule has 0 aromatic rings. The molecule has 0 radical (unpaired) electrons. The van der Waals surface area contributed by atoms with Crippen LogP contribution >= 0.6 is 11.8 Å². The van der Waals surface area contributed by atoms with Gasteiger partial charge >= 0.3 is 0 Å². The van der Waals surface area contributed by atoms with Crippen LogP contribution in [0.2, 0.25) is 0 Å². The van der Waals surface area contributed by atoms with Gasteiger partial charge in [0.15, 0.2) is 0 Å². The highest BCUT2D eigenvalue weighted by Gasteiger charge is 2.21. The van der Waals surface area contributed by atoms with Crippen LogP contribution < -0.4 is 5.32 Å². The first-order valence-electron chi connectivity index (χ1n) is 6.19. The largest absolute Gasteiger partial charge is 0.313 e. The number of hydrogen-bond donors (Lipinski definition) is 1. The Labute approximate surface area is 92.4 Å². The molecule has 2 heteroatoms. The van der Waals surface area contributed by atoms with E-state index in [2.05, 4.69) is 24.0 Å². The van der Waals surface area contributed by atoms with E-state index < -0.39 is 0 Å². The summed E-state index contributed by atoms with van der Waals surface area (Å²) in [5, 5.41) is 4.70. The third-order valence-corrected chi connectivity index (χ3v) is 4.99. The Bertz CT molecular complexity index is 166. The van der Waals surface area contributed by atoms with E-state index in [-0.39, 0.29) is 0 Å². The number of rotatable bonds is 3. The molecule has 0 aromatic heterocycles. The fraction of sp³-hybridized carbons (Fsp3) is 1.00.